The maximum atomic E-state index is 12.7. The molecular weight excluding hydrogens is 402 g/mol. The molecule has 1 aliphatic heterocycles. The van der Waals surface area contributed by atoms with Crippen molar-refractivity contribution in [2.45, 2.75) is 32.6 Å². The fourth-order valence-corrected chi connectivity index (χ4v) is 4.02. The number of carbonyl (C=O) groups excluding carboxylic acids is 1. The molecule has 5 rings (SSSR count). The van der Waals surface area contributed by atoms with Gasteiger partial charge in [-0.1, -0.05) is 6.07 Å². The Labute approximate surface area is 187 Å². The number of anilines is 2. The number of aryl methyl sites for hydroxylation is 2. The van der Waals surface area contributed by atoms with Gasteiger partial charge in [0.2, 0.25) is 0 Å². The standard InChI is InChI=1S/C25H27N5O2/c1-16-11-23(29-26-15-16)25(31)27-20-6-3-17(2)21(14-20)19-12-22(18-4-5-18)28-24(13-19)30-7-9-32-10-8-30/h3,6,11-15,18H,4-5,7-10H2,1-2H3,(H,27,31). The number of rotatable bonds is 5. The first kappa shape index (κ1) is 20.6. The molecule has 7 heteroatoms. The van der Waals surface area contributed by atoms with Crippen molar-refractivity contribution >= 4 is 17.4 Å². The molecule has 32 heavy (non-hydrogen) atoms. The van der Waals surface area contributed by atoms with Crippen LogP contribution in [-0.4, -0.2) is 47.4 Å². The first-order valence-corrected chi connectivity index (χ1v) is 11.1. The van der Waals surface area contributed by atoms with Gasteiger partial charge in [-0.2, -0.15) is 5.10 Å². The number of hydrogen-bond donors (Lipinski definition) is 1. The van der Waals surface area contributed by atoms with E-state index in [0.29, 0.717) is 11.6 Å². The van der Waals surface area contributed by atoms with Crippen molar-refractivity contribution in [1.82, 2.24) is 15.2 Å². The van der Waals surface area contributed by atoms with Gasteiger partial charge in [0.15, 0.2) is 5.69 Å². The predicted molar refractivity (Wildman–Crippen MR) is 124 cm³/mol. The largest absolute Gasteiger partial charge is 0.378 e. The number of nitrogens with one attached hydrogen (secondary N) is 1. The number of morpholine rings is 1. The van der Waals surface area contributed by atoms with Crippen molar-refractivity contribution in [2.24, 2.45) is 0 Å². The molecule has 1 N–H and O–H groups in total. The van der Waals surface area contributed by atoms with E-state index in [1.165, 1.54) is 12.8 Å². The van der Waals surface area contributed by atoms with Crippen molar-refractivity contribution in [3.63, 3.8) is 0 Å². The van der Waals surface area contributed by atoms with Crippen molar-refractivity contribution in [2.75, 3.05) is 36.5 Å². The second-order valence-corrected chi connectivity index (χ2v) is 8.61. The number of hydrogen-bond acceptors (Lipinski definition) is 6. The summed E-state index contributed by atoms with van der Waals surface area (Å²) in [6.07, 6.45) is 4.03. The first-order valence-electron chi connectivity index (χ1n) is 11.1. The Kier molecular flexibility index (Phi) is 5.57. The van der Waals surface area contributed by atoms with Gasteiger partial charge in [-0.25, -0.2) is 4.98 Å². The first-order chi connectivity index (χ1) is 15.6. The Bertz CT molecular complexity index is 1150. The van der Waals surface area contributed by atoms with Crippen molar-refractivity contribution < 1.29 is 9.53 Å². The second kappa shape index (κ2) is 8.67. The third kappa shape index (κ3) is 4.48. The zero-order valence-corrected chi connectivity index (χ0v) is 18.5. The summed E-state index contributed by atoms with van der Waals surface area (Å²) < 4.78 is 5.52. The number of ether oxygens (including phenoxy) is 1. The summed E-state index contributed by atoms with van der Waals surface area (Å²) in [4.78, 5) is 19.9. The lowest BCUT2D eigenvalue weighted by Crippen LogP contribution is -2.36. The maximum absolute atomic E-state index is 12.7. The minimum atomic E-state index is -0.265. The third-order valence-corrected chi connectivity index (χ3v) is 5.99. The zero-order valence-electron chi connectivity index (χ0n) is 18.5. The molecule has 2 aromatic heterocycles. The number of amides is 1. The van der Waals surface area contributed by atoms with Crippen LogP contribution in [0.3, 0.4) is 0 Å². The van der Waals surface area contributed by atoms with E-state index in [2.05, 4.69) is 39.5 Å². The summed E-state index contributed by atoms with van der Waals surface area (Å²) in [5, 5.41) is 10.8. The molecule has 1 aromatic carbocycles. The Morgan fingerprint density at radius 2 is 1.91 bits per heavy atom. The molecule has 1 saturated carbocycles. The van der Waals surface area contributed by atoms with Gasteiger partial charge in [0.25, 0.3) is 5.91 Å². The van der Waals surface area contributed by atoms with E-state index in [4.69, 9.17) is 9.72 Å². The van der Waals surface area contributed by atoms with Gasteiger partial charge in [-0.05, 0) is 79.3 Å². The molecule has 3 heterocycles. The summed E-state index contributed by atoms with van der Waals surface area (Å²) in [5.74, 6) is 1.30. The molecular formula is C25H27N5O2. The van der Waals surface area contributed by atoms with Crippen LogP contribution in [0.25, 0.3) is 11.1 Å². The van der Waals surface area contributed by atoms with Crippen LogP contribution < -0.4 is 10.2 Å². The van der Waals surface area contributed by atoms with E-state index in [1.54, 1.807) is 12.3 Å². The van der Waals surface area contributed by atoms with Gasteiger partial charge >= 0.3 is 0 Å². The highest BCUT2D eigenvalue weighted by Gasteiger charge is 2.27. The molecule has 164 valence electrons. The van der Waals surface area contributed by atoms with Crippen LogP contribution in [0, 0.1) is 13.8 Å². The van der Waals surface area contributed by atoms with Crippen molar-refractivity contribution in [1.29, 1.82) is 0 Å². The molecule has 0 spiro atoms. The highest BCUT2D eigenvalue weighted by atomic mass is 16.5. The van der Waals surface area contributed by atoms with Gasteiger partial charge in [-0.15, -0.1) is 5.10 Å². The summed E-state index contributed by atoms with van der Waals surface area (Å²) in [7, 11) is 0. The van der Waals surface area contributed by atoms with Crippen LogP contribution >= 0.6 is 0 Å². The Balaban J connectivity index is 1.47. The number of benzene rings is 1. The van der Waals surface area contributed by atoms with Crippen LogP contribution in [0.5, 0.6) is 0 Å². The SMILES string of the molecule is Cc1cnnc(C(=O)Nc2ccc(C)c(-c3cc(C4CC4)nc(N4CCOCC4)c3)c2)c1. The lowest BCUT2D eigenvalue weighted by Gasteiger charge is -2.28. The molecule has 2 fully saturated rings. The average Bonchev–Trinajstić information content (AvgIpc) is 3.66. The molecule has 0 radical (unpaired) electrons. The molecule has 3 aromatic rings. The summed E-state index contributed by atoms with van der Waals surface area (Å²) in [6, 6.07) is 12.1. The van der Waals surface area contributed by atoms with E-state index in [0.717, 1.165) is 65.8 Å². The van der Waals surface area contributed by atoms with Crippen LogP contribution in [0.4, 0.5) is 11.5 Å². The van der Waals surface area contributed by atoms with Gasteiger partial charge < -0.3 is 15.0 Å². The van der Waals surface area contributed by atoms with Crippen molar-refractivity contribution in [3.8, 4) is 11.1 Å². The fraction of sp³-hybridized carbons (Fsp3) is 0.360. The van der Waals surface area contributed by atoms with E-state index in [1.807, 2.05) is 25.1 Å². The topological polar surface area (TPSA) is 80.2 Å². The molecule has 0 unspecified atom stereocenters. The van der Waals surface area contributed by atoms with Crippen molar-refractivity contribution in [3.05, 3.63) is 65.1 Å². The number of carbonyl (C=O) groups is 1. The lowest BCUT2D eigenvalue weighted by atomic mass is 9.98. The molecule has 1 amide bonds. The second-order valence-electron chi connectivity index (χ2n) is 8.61. The minimum absolute atomic E-state index is 0.265. The van der Waals surface area contributed by atoms with E-state index in [9.17, 15) is 4.79 Å². The van der Waals surface area contributed by atoms with Gasteiger partial charge in [0, 0.05) is 30.4 Å². The summed E-state index contributed by atoms with van der Waals surface area (Å²) >= 11 is 0. The molecule has 0 atom stereocenters. The Hall–Kier alpha value is -3.32. The molecule has 7 nitrogen and oxygen atoms in total. The Morgan fingerprint density at radius 1 is 1.09 bits per heavy atom. The molecule has 1 saturated heterocycles. The summed E-state index contributed by atoms with van der Waals surface area (Å²) in [6.45, 7) is 7.15. The van der Waals surface area contributed by atoms with Crippen LogP contribution in [-0.2, 0) is 4.74 Å². The number of pyridine rings is 1. The third-order valence-electron chi connectivity index (χ3n) is 5.99. The molecule has 2 aliphatic rings. The van der Waals surface area contributed by atoms with Crippen LogP contribution in [0.2, 0.25) is 0 Å². The van der Waals surface area contributed by atoms with Crippen LogP contribution in [0.15, 0.2) is 42.6 Å². The lowest BCUT2D eigenvalue weighted by molar-refractivity contribution is 0.102. The fourth-order valence-electron chi connectivity index (χ4n) is 4.02. The van der Waals surface area contributed by atoms with Gasteiger partial charge in [-0.3, -0.25) is 4.79 Å². The van der Waals surface area contributed by atoms with E-state index < -0.39 is 0 Å². The predicted octanol–water partition coefficient (Wildman–Crippen LogP) is 4.12. The highest BCUT2D eigenvalue weighted by Crippen LogP contribution is 2.41. The Morgan fingerprint density at radius 3 is 2.66 bits per heavy atom. The quantitative estimate of drug-likeness (QED) is 0.657. The minimum Gasteiger partial charge on any atom is -0.378 e. The molecule has 0 bridgehead atoms. The zero-order chi connectivity index (χ0) is 22.1. The molecule has 1 aliphatic carbocycles. The monoisotopic (exact) mass is 429 g/mol. The number of nitrogens with zero attached hydrogens (tertiary/aromatic N) is 4. The highest BCUT2D eigenvalue weighted by molar-refractivity contribution is 6.03. The van der Waals surface area contributed by atoms with Gasteiger partial charge in [0.05, 0.1) is 19.4 Å². The van der Waals surface area contributed by atoms with E-state index >= 15 is 0 Å². The average molecular weight is 430 g/mol. The normalized spacial score (nSPS) is 16.1. The maximum Gasteiger partial charge on any atom is 0.276 e. The number of aromatic nitrogens is 3. The summed E-state index contributed by atoms with van der Waals surface area (Å²) in [5.41, 5.74) is 6.48. The smallest absolute Gasteiger partial charge is 0.276 e. The van der Waals surface area contributed by atoms with E-state index in [-0.39, 0.29) is 5.91 Å². The van der Waals surface area contributed by atoms with Crippen LogP contribution in [0.1, 0.15) is 46.1 Å². The van der Waals surface area contributed by atoms with Gasteiger partial charge in [0.1, 0.15) is 5.82 Å².